The van der Waals surface area contributed by atoms with Gasteiger partial charge >= 0.3 is 5.97 Å². The monoisotopic (exact) mass is 398 g/mol. The first-order chi connectivity index (χ1) is 12.4. The molecule has 1 aromatic carbocycles. The van der Waals surface area contributed by atoms with Crippen molar-refractivity contribution in [2.45, 2.75) is 17.7 Å². The predicted molar refractivity (Wildman–Crippen MR) is 98.8 cm³/mol. The van der Waals surface area contributed by atoms with E-state index >= 15 is 0 Å². The third kappa shape index (κ3) is 4.05. The molecule has 1 aromatic rings. The molecule has 0 unspecified atom stereocenters. The number of hydrogen-bond donors (Lipinski definition) is 1. The minimum Gasteiger partial charge on any atom is -0.478 e. The molecule has 2 heterocycles. The zero-order valence-electron chi connectivity index (χ0n) is 14.3. The Morgan fingerprint density at radius 1 is 1.00 bits per heavy atom. The second-order valence-electron chi connectivity index (χ2n) is 6.45. The molecule has 142 valence electrons. The molecule has 2 aliphatic heterocycles. The van der Waals surface area contributed by atoms with Crippen LogP contribution >= 0.6 is 11.8 Å². The highest BCUT2D eigenvalue weighted by Gasteiger charge is 2.34. The van der Waals surface area contributed by atoms with E-state index in [1.807, 2.05) is 16.7 Å². The van der Waals surface area contributed by atoms with E-state index in [2.05, 4.69) is 0 Å². The Morgan fingerprint density at radius 3 is 2.12 bits per heavy atom. The molecule has 7 nitrogen and oxygen atoms in total. The van der Waals surface area contributed by atoms with Gasteiger partial charge in [0.25, 0.3) is 0 Å². The fourth-order valence-corrected chi connectivity index (χ4v) is 5.68. The van der Waals surface area contributed by atoms with Gasteiger partial charge in [0, 0.05) is 43.6 Å². The highest BCUT2D eigenvalue weighted by Crippen LogP contribution is 2.26. The summed E-state index contributed by atoms with van der Waals surface area (Å²) < 4.78 is 26.8. The van der Waals surface area contributed by atoms with Crippen molar-refractivity contribution < 1.29 is 23.1 Å². The molecule has 1 N–H and O–H groups in total. The smallest absolute Gasteiger partial charge is 0.335 e. The summed E-state index contributed by atoms with van der Waals surface area (Å²) in [6.07, 6.45) is 1.05. The maximum Gasteiger partial charge on any atom is 0.335 e. The summed E-state index contributed by atoms with van der Waals surface area (Å²) in [4.78, 5) is 25.5. The van der Waals surface area contributed by atoms with Gasteiger partial charge in [0.1, 0.15) is 0 Å². The zero-order valence-corrected chi connectivity index (χ0v) is 16.0. The van der Waals surface area contributed by atoms with E-state index < -0.39 is 16.0 Å². The van der Waals surface area contributed by atoms with Crippen molar-refractivity contribution in [2.24, 2.45) is 5.92 Å². The molecule has 0 radical (unpaired) electrons. The van der Waals surface area contributed by atoms with Crippen LogP contribution < -0.4 is 0 Å². The van der Waals surface area contributed by atoms with Crippen molar-refractivity contribution in [2.75, 3.05) is 37.7 Å². The first-order valence-corrected chi connectivity index (χ1v) is 11.2. The summed E-state index contributed by atoms with van der Waals surface area (Å²) in [5.41, 5.74) is 0.0490. The third-order valence-corrected chi connectivity index (χ3v) is 7.72. The summed E-state index contributed by atoms with van der Waals surface area (Å²) in [5, 5.41) is 8.92. The van der Waals surface area contributed by atoms with Gasteiger partial charge in [-0.25, -0.2) is 13.2 Å². The van der Waals surface area contributed by atoms with E-state index in [0.717, 1.165) is 24.6 Å². The standard InChI is InChI=1S/C17H22N2O5S2/c20-16(18-9-11-25-12-10-18)13-5-7-19(8-6-13)26(23,24)15-3-1-14(2-4-15)17(21)22/h1-4,13H,5-12H2,(H,21,22). The van der Waals surface area contributed by atoms with Crippen molar-refractivity contribution in [3.8, 4) is 0 Å². The molecule has 3 rings (SSSR count). The maximum atomic E-state index is 12.7. The van der Waals surface area contributed by atoms with Crippen LogP contribution in [-0.2, 0) is 14.8 Å². The Balaban J connectivity index is 1.63. The average Bonchev–Trinajstić information content (AvgIpc) is 2.68. The molecule has 0 atom stereocenters. The SMILES string of the molecule is O=C(O)c1ccc(S(=O)(=O)N2CCC(C(=O)N3CCSCC3)CC2)cc1. The number of thioether (sulfide) groups is 1. The molecule has 0 saturated carbocycles. The Hall–Kier alpha value is -1.58. The number of carboxylic acid groups (broad SMARTS) is 1. The molecular formula is C17H22N2O5S2. The molecule has 0 aromatic heterocycles. The van der Waals surface area contributed by atoms with Gasteiger partial charge in [-0.3, -0.25) is 4.79 Å². The molecule has 0 spiro atoms. The number of hydrogen-bond acceptors (Lipinski definition) is 5. The van der Waals surface area contributed by atoms with E-state index in [-0.39, 0.29) is 22.3 Å². The maximum absolute atomic E-state index is 12.7. The van der Waals surface area contributed by atoms with Crippen LogP contribution in [0.3, 0.4) is 0 Å². The fraction of sp³-hybridized carbons (Fsp3) is 0.529. The molecule has 9 heteroatoms. The van der Waals surface area contributed by atoms with E-state index in [1.54, 1.807) is 0 Å². The lowest BCUT2D eigenvalue weighted by Crippen LogP contribution is -2.46. The molecular weight excluding hydrogens is 376 g/mol. The van der Waals surface area contributed by atoms with Crippen LogP contribution in [0, 0.1) is 5.92 Å². The summed E-state index contributed by atoms with van der Waals surface area (Å²) in [5.74, 6) is 0.868. The largest absolute Gasteiger partial charge is 0.478 e. The lowest BCUT2D eigenvalue weighted by atomic mass is 9.96. The van der Waals surface area contributed by atoms with E-state index in [9.17, 15) is 18.0 Å². The van der Waals surface area contributed by atoms with E-state index in [1.165, 1.54) is 28.6 Å². The topological polar surface area (TPSA) is 95.0 Å². The van der Waals surface area contributed by atoms with Crippen LogP contribution in [0.2, 0.25) is 0 Å². The normalized spacial score (nSPS) is 20.1. The van der Waals surface area contributed by atoms with Gasteiger partial charge in [0.2, 0.25) is 15.9 Å². The van der Waals surface area contributed by atoms with Crippen molar-refractivity contribution in [1.82, 2.24) is 9.21 Å². The summed E-state index contributed by atoms with van der Waals surface area (Å²) in [6.45, 7) is 2.17. The molecule has 2 saturated heterocycles. The van der Waals surface area contributed by atoms with Gasteiger partial charge in [0.05, 0.1) is 10.5 Å². The number of rotatable bonds is 4. The zero-order chi connectivity index (χ0) is 18.7. The third-order valence-electron chi connectivity index (χ3n) is 4.86. The Bertz CT molecular complexity index is 765. The molecule has 2 aliphatic rings. The lowest BCUT2D eigenvalue weighted by molar-refractivity contribution is -0.136. The Labute approximate surface area is 157 Å². The van der Waals surface area contributed by atoms with Gasteiger partial charge < -0.3 is 10.0 Å². The van der Waals surface area contributed by atoms with Crippen molar-refractivity contribution in [3.05, 3.63) is 29.8 Å². The minimum atomic E-state index is -3.67. The number of carboxylic acids is 1. The van der Waals surface area contributed by atoms with Crippen molar-refractivity contribution in [3.63, 3.8) is 0 Å². The van der Waals surface area contributed by atoms with Crippen LogP contribution in [0.4, 0.5) is 0 Å². The molecule has 1 amide bonds. The predicted octanol–water partition coefficient (Wildman–Crippen LogP) is 1.36. The summed E-state index contributed by atoms with van der Waals surface area (Å²) >= 11 is 1.85. The van der Waals surface area contributed by atoms with Gasteiger partial charge in [-0.05, 0) is 37.1 Å². The highest BCUT2D eigenvalue weighted by atomic mass is 32.2. The Morgan fingerprint density at radius 2 is 1.58 bits per heavy atom. The first-order valence-electron chi connectivity index (χ1n) is 8.59. The number of carbonyl (C=O) groups is 2. The summed E-state index contributed by atoms with van der Waals surface area (Å²) in [6, 6.07) is 5.22. The number of sulfonamides is 1. The summed E-state index contributed by atoms with van der Waals surface area (Å²) in [7, 11) is -3.67. The minimum absolute atomic E-state index is 0.0490. The van der Waals surface area contributed by atoms with Gasteiger partial charge in [-0.15, -0.1) is 0 Å². The van der Waals surface area contributed by atoms with Crippen LogP contribution in [0.5, 0.6) is 0 Å². The lowest BCUT2D eigenvalue weighted by Gasteiger charge is -2.35. The van der Waals surface area contributed by atoms with Crippen LogP contribution in [0.15, 0.2) is 29.2 Å². The second kappa shape index (κ2) is 7.98. The second-order valence-corrected chi connectivity index (χ2v) is 9.61. The molecule has 0 bridgehead atoms. The van der Waals surface area contributed by atoms with Gasteiger partial charge in [0.15, 0.2) is 0 Å². The van der Waals surface area contributed by atoms with E-state index in [4.69, 9.17) is 5.11 Å². The quantitative estimate of drug-likeness (QED) is 0.823. The van der Waals surface area contributed by atoms with Crippen LogP contribution in [0.1, 0.15) is 23.2 Å². The van der Waals surface area contributed by atoms with Crippen molar-refractivity contribution >= 4 is 33.7 Å². The van der Waals surface area contributed by atoms with Crippen molar-refractivity contribution in [1.29, 1.82) is 0 Å². The van der Waals surface area contributed by atoms with Crippen LogP contribution in [-0.4, -0.2) is 72.3 Å². The molecule has 2 fully saturated rings. The Kier molecular flexibility index (Phi) is 5.89. The highest BCUT2D eigenvalue weighted by molar-refractivity contribution is 7.99. The average molecular weight is 399 g/mol. The fourth-order valence-electron chi connectivity index (χ4n) is 3.30. The number of nitrogens with zero attached hydrogens (tertiary/aromatic N) is 2. The molecule has 26 heavy (non-hydrogen) atoms. The van der Waals surface area contributed by atoms with E-state index in [0.29, 0.717) is 25.9 Å². The van der Waals surface area contributed by atoms with Gasteiger partial charge in [-0.2, -0.15) is 16.1 Å². The number of benzene rings is 1. The number of carbonyl (C=O) groups excluding carboxylic acids is 1. The number of piperidine rings is 1. The molecule has 0 aliphatic carbocycles. The first kappa shape index (κ1) is 19.2. The van der Waals surface area contributed by atoms with Gasteiger partial charge in [-0.1, -0.05) is 0 Å². The van der Waals surface area contributed by atoms with Crippen LogP contribution in [0.25, 0.3) is 0 Å². The number of amides is 1. The number of aromatic carboxylic acids is 1.